The van der Waals surface area contributed by atoms with Gasteiger partial charge in [-0.1, -0.05) is 29.5 Å². The number of benzene rings is 1. The third-order valence-electron chi connectivity index (χ3n) is 2.52. The molecule has 0 atom stereocenters. The van der Waals surface area contributed by atoms with Gasteiger partial charge in [0.2, 0.25) is 0 Å². The van der Waals surface area contributed by atoms with E-state index >= 15 is 0 Å². The summed E-state index contributed by atoms with van der Waals surface area (Å²) < 4.78 is 0. The zero-order valence-corrected chi connectivity index (χ0v) is 10.4. The molecule has 0 fully saturated rings. The standard InChI is InChI=1S/C11H16Si/c1-7(2)10-5-6-11(12)9(4)8(10)3/h5-6H,1H2,2-4,12H3. The second-order valence-electron chi connectivity index (χ2n) is 3.46. The molecule has 0 nitrogen and oxygen atoms in total. The van der Waals surface area contributed by atoms with Crippen LogP contribution in [0.1, 0.15) is 23.6 Å². The van der Waals surface area contributed by atoms with Crippen molar-refractivity contribution in [3.8, 4) is 0 Å². The summed E-state index contributed by atoms with van der Waals surface area (Å²) in [5.74, 6) is 0. The van der Waals surface area contributed by atoms with Gasteiger partial charge in [-0.25, -0.2) is 0 Å². The van der Waals surface area contributed by atoms with Crippen molar-refractivity contribution in [1.82, 2.24) is 0 Å². The zero-order valence-electron chi connectivity index (χ0n) is 8.36. The number of rotatable bonds is 1. The summed E-state index contributed by atoms with van der Waals surface area (Å²) in [7, 11) is 1.14. The molecule has 0 unspecified atom stereocenters. The van der Waals surface area contributed by atoms with Crippen molar-refractivity contribution in [2.24, 2.45) is 0 Å². The van der Waals surface area contributed by atoms with Crippen molar-refractivity contribution in [1.29, 1.82) is 0 Å². The van der Waals surface area contributed by atoms with Crippen molar-refractivity contribution in [3.63, 3.8) is 0 Å². The van der Waals surface area contributed by atoms with E-state index in [0.29, 0.717) is 0 Å². The molecule has 0 bridgehead atoms. The average molecular weight is 176 g/mol. The monoisotopic (exact) mass is 176 g/mol. The lowest BCUT2D eigenvalue weighted by Crippen LogP contribution is -2.09. The first-order valence-corrected chi connectivity index (χ1v) is 5.26. The Bertz CT molecular complexity index is 324. The van der Waals surface area contributed by atoms with Crippen LogP contribution in [0.25, 0.3) is 5.57 Å². The minimum atomic E-state index is 1.14. The summed E-state index contributed by atoms with van der Waals surface area (Å²) in [5.41, 5.74) is 5.32. The van der Waals surface area contributed by atoms with Gasteiger partial charge in [0.1, 0.15) is 0 Å². The molecule has 0 amide bonds. The molecule has 0 aliphatic rings. The summed E-state index contributed by atoms with van der Waals surface area (Å²) >= 11 is 0. The third kappa shape index (κ3) is 1.51. The van der Waals surface area contributed by atoms with Crippen molar-refractivity contribution in [2.75, 3.05) is 0 Å². The van der Waals surface area contributed by atoms with Crippen LogP contribution >= 0.6 is 0 Å². The first kappa shape index (κ1) is 9.27. The van der Waals surface area contributed by atoms with Crippen LogP contribution in [-0.2, 0) is 0 Å². The van der Waals surface area contributed by atoms with Crippen molar-refractivity contribution < 1.29 is 0 Å². The van der Waals surface area contributed by atoms with E-state index in [0.717, 1.165) is 15.8 Å². The highest BCUT2D eigenvalue weighted by molar-refractivity contribution is 6.33. The van der Waals surface area contributed by atoms with Crippen LogP contribution in [0.3, 0.4) is 0 Å². The van der Waals surface area contributed by atoms with Gasteiger partial charge >= 0.3 is 0 Å². The van der Waals surface area contributed by atoms with Gasteiger partial charge in [-0.05, 0) is 37.5 Å². The number of allylic oxidation sites excluding steroid dienone is 1. The smallest absolute Gasteiger partial charge is 0.0388 e. The summed E-state index contributed by atoms with van der Waals surface area (Å²) in [6.07, 6.45) is 0. The topological polar surface area (TPSA) is 0 Å². The van der Waals surface area contributed by atoms with Crippen LogP contribution in [0.5, 0.6) is 0 Å². The molecule has 0 radical (unpaired) electrons. The lowest BCUT2D eigenvalue weighted by Gasteiger charge is -2.10. The fraction of sp³-hybridized carbons (Fsp3) is 0.273. The molecule has 0 aromatic heterocycles. The quantitative estimate of drug-likeness (QED) is 0.566. The Kier molecular flexibility index (Phi) is 2.53. The Morgan fingerprint density at radius 3 is 2.33 bits per heavy atom. The van der Waals surface area contributed by atoms with Gasteiger partial charge in [0.05, 0.1) is 0 Å². The van der Waals surface area contributed by atoms with E-state index in [-0.39, 0.29) is 0 Å². The Labute approximate surface area is 77.7 Å². The highest BCUT2D eigenvalue weighted by Gasteiger charge is 2.02. The van der Waals surface area contributed by atoms with Crippen molar-refractivity contribution in [3.05, 3.63) is 35.4 Å². The highest BCUT2D eigenvalue weighted by Crippen LogP contribution is 2.17. The molecule has 0 aliphatic heterocycles. The van der Waals surface area contributed by atoms with E-state index < -0.39 is 0 Å². The van der Waals surface area contributed by atoms with Crippen LogP contribution < -0.4 is 5.19 Å². The van der Waals surface area contributed by atoms with Gasteiger partial charge in [0, 0.05) is 10.2 Å². The lowest BCUT2D eigenvalue weighted by molar-refractivity contribution is 1.33. The van der Waals surface area contributed by atoms with Crippen LogP contribution in [0.2, 0.25) is 0 Å². The first-order chi connectivity index (χ1) is 5.54. The average Bonchev–Trinajstić information content (AvgIpc) is 2.00. The Hall–Kier alpha value is -0.823. The van der Waals surface area contributed by atoms with Gasteiger partial charge in [0.25, 0.3) is 0 Å². The first-order valence-electron chi connectivity index (χ1n) is 4.26. The predicted molar refractivity (Wildman–Crippen MR) is 60.2 cm³/mol. The second-order valence-corrected chi connectivity index (χ2v) is 4.54. The predicted octanol–water partition coefficient (Wildman–Crippen LogP) is 1.33. The van der Waals surface area contributed by atoms with Crippen LogP contribution in [0.4, 0.5) is 0 Å². The molecule has 0 N–H and O–H groups in total. The minimum absolute atomic E-state index is 1.14. The molecule has 0 spiro atoms. The number of hydrogen-bond acceptors (Lipinski definition) is 0. The van der Waals surface area contributed by atoms with Crippen LogP contribution in [-0.4, -0.2) is 10.2 Å². The van der Waals surface area contributed by atoms with Gasteiger partial charge < -0.3 is 0 Å². The van der Waals surface area contributed by atoms with Crippen molar-refractivity contribution in [2.45, 2.75) is 20.8 Å². The fourth-order valence-corrected chi connectivity index (χ4v) is 1.96. The zero-order chi connectivity index (χ0) is 9.30. The SMILES string of the molecule is C=C(C)c1ccc([SiH3])c(C)c1C. The molecule has 64 valence electrons. The molecular weight excluding hydrogens is 160 g/mol. The molecule has 1 heteroatoms. The van der Waals surface area contributed by atoms with Gasteiger partial charge in [-0.15, -0.1) is 0 Å². The largest absolute Gasteiger partial charge is 0.0955 e. The fourth-order valence-electron chi connectivity index (χ4n) is 1.42. The van der Waals surface area contributed by atoms with E-state index in [9.17, 15) is 0 Å². The Morgan fingerprint density at radius 2 is 1.83 bits per heavy atom. The molecule has 0 saturated carbocycles. The van der Waals surface area contributed by atoms with Gasteiger partial charge in [0.15, 0.2) is 0 Å². The van der Waals surface area contributed by atoms with Gasteiger partial charge in [-0.2, -0.15) is 0 Å². The summed E-state index contributed by atoms with van der Waals surface area (Å²) in [5, 5.41) is 1.50. The highest BCUT2D eigenvalue weighted by atomic mass is 28.1. The molecule has 1 aromatic rings. The normalized spacial score (nSPS) is 10.2. The molecule has 1 rings (SSSR count). The summed E-state index contributed by atoms with van der Waals surface area (Å²) in [6.45, 7) is 10.4. The molecule has 1 aromatic carbocycles. The lowest BCUT2D eigenvalue weighted by atomic mass is 9.99. The van der Waals surface area contributed by atoms with E-state index in [1.807, 2.05) is 0 Å². The number of hydrogen-bond donors (Lipinski definition) is 0. The molecule has 12 heavy (non-hydrogen) atoms. The van der Waals surface area contributed by atoms with E-state index in [4.69, 9.17) is 0 Å². The Morgan fingerprint density at radius 1 is 1.25 bits per heavy atom. The third-order valence-corrected chi connectivity index (χ3v) is 3.60. The van der Waals surface area contributed by atoms with E-state index in [1.165, 1.54) is 21.9 Å². The van der Waals surface area contributed by atoms with Crippen LogP contribution in [0, 0.1) is 13.8 Å². The van der Waals surface area contributed by atoms with E-state index in [2.05, 4.69) is 39.5 Å². The maximum Gasteiger partial charge on any atom is 0.0388 e. The minimum Gasteiger partial charge on any atom is -0.0955 e. The van der Waals surface area contributed by atoms with E-state index in [1.54, 1.807) is 0 Å². The summed E-state index contributed by atoms with van der Waals surface area (Å²) in [4.78, 5) is 0. The molecule has 0 aliphatic carbocycles. The maximum absolute atomic E-state index is 3.97. The molecule has 0 saturated heterocycles. The summed E-state index contributed by atoms with van der Waals surface area (Å²) in [6, 6.07) is 4.41. The molecular formula is C11H16Si. The van der Waals surface area contributed by atoms with Crippen molar-refractivity contribution >= 4 is 21.0 Å². The molecule has 0 heterocycles. The van der Waals surface area contributed by atoms with Gasteiger partial charge in [-0.3, -0.25) is 0 Å². The Balaban J connectivity index is 3.36. The maximum atomic E-state index is 3.97. The van der Waals surface area contributed by atoms with Crippen LogP contribution in [0.15, 0.2) is 18.7 Å². The second kappa shape index (κ2) is 3.28.